The van der Waals surface area contributed by atoms with Crippen molar-refractivity contribution < 1.29 is 0 Å². The summed E-state index contributed by atoms with van der Waals surface area (Å²) in [5, 5.41) is 6.75. The van der Waals surface area contributed by atoms with Crippen molar-refractivity contribution in [1.29, 1.82) is 0 Å². The molecule has 0 saturated carbocycles. The molecule has 0 unspecified atom stereocenters. The van der Waals surface area contributed by atoms with Crippen LogP contribution in [0.1, 0.15) is 54.3 Å². The summed E-state index contributed by atoms with van der Waals surface area (Å²) in [6.45, 7) is 0. The van der Waals surface area contributed by atoms with Gasteiger partial charge in [0.15, 0.2) is 0 Å². The van der Waals surface area contributed by atoms with Gasteiger partial charge in [-0.2, -0.15) is 0 Å². The fourth-order valence-corrected chi connectivity index (χ4v) is 7.90. The maximum atomic E-state index is 2.29. The molecule has 0 amide bonds. The monoisotopic (exact) mass is 700 g/mol. The van der Waals surface area contributed by atoms with Crippen molar-refractivity contribution in [2.45, 2.75) is 0 Å². The van der Waals surface area contributed by atoms with E-state index in [9.17, 15) is 0 Å². The molecule has 0 spiro atoms. The van der Waals surface area contributed by atoms with Gasteiger partial charge in [-0.05, 0) is 114 Å². The van der Waals surface area contributed by atoms with E-state index in [1.165, 1.54) is 76.2 Å². The summed E-state index contributed by atoms with van der Waals surface area (Å²) in [4.78, 5) is 2.54. The second kappa shape index (κ2) is 15.9. The smallest absolute Gasteiger partial charge is 0.0348 e. The standard InChI is InChI=1S/C50H36S2/c1-3-11-41(12-4-1)47(49-17-9-31-51-49)33-39-23-19-37(20-24-39)27-29-45-35-43-15-7-8-16-44(43)36-46(45)30-28-38-21-25-40(26-22-38)34-48(50-18-10-32-52-50)42-13-5-2-6-14-42/h1-36H. The summed E-state index contributed by atoms with van der Waals surface area (Å²) >= 11 is 3.55. The Labute approximate surface area is 314 Å². The normalized spacial score (nSPS) is 12.3. The molecule has 2 heterocycles. The highest BCUT2D eigenvalue weighted by Crippen LogP contribution is 2.31. The second-order valence-corrected chi connectivity index (χ2v) is 14.5. The predicted molar refractivity (Wildman–Crippen MR) is 230 cm³/mol. The van der Waals surface area contributed by atoms with Gasteiger partial charge in [0.1, 0.15) is 0 Å². The molecular formula is C50H36S2. The van der Waals surface area contributed by atoms with E-state index in [2.05, 4.69) is 217 Å². The molecule has 8 aromatic rings. The van der Waals surface area contributed by atoms with E-state index in [0.717, 1.165) is 0 Å². The zero-order chi connectivity index (χ0) is 35.0. The third-order valence-corrected chi connectivity index (χ3v) is 10.9. The van der Waals surface area contributed by atoms with Gasteiger partial charge in [-0.25, -0.2) is 0 Å². The minimum absolute atomic E-state index is 1.17. The van der Waals surface area contributed by atoms with Crippen LogP contribution >= 0.6 is 22.7 Å². The highest BCUT2D eigenvalue weighted by Gasteiger charge is 2.08. The Hall–Kier alpha value is -6.06. The number of rotatable bonds is 10. The molecule has 248 valence electrons. The summed E-state index contributed by atoms with van der Waals surface area (Å²) in [6, 6.07) is 60.7. The topological polar surface area (TPSA) is 0 Å². The van der Waals surface area contributed by atoms with Crippen molar-refractivity contribution >= 4 is 81.0 Å². The Balaban J connectivity index is 1.05. The summed E-state index contributed by atoms with van der Waals surface area (Å²) in [6.07, 6.45) is 13.5. The van der Waals surface area contributed by atoms with Gasteiger partial charge >= 0.3 is 0 Å². The van der Waals surface area contributed by atoms with Gasteiger partial charge < -0.3 is 0 Å². The van der Waals surface area contributed by atoms with E-state index in [4.69, 9.17) is 0 Å². The molecular weight excluding hydrogens is 665 g/mol. The van der Waals surface area contributed by atoms with Gasteiger partial charge in [-0.1, -0.05) is 170 Å². The lowest BCUT2D eigenvalue weighted by molar-refractivity contribution is 1.59. The van der Waals surface area contributed by atoms with Crippen LogP contribution in [0.2, 0.25) is 0 Å². The van der Waals surface area contributed by atoms with Gasteiger partial charge in [0.2, 0.25) is 0 Å². The first-order valence-corrected chi connectivity index (χ1v) is 19.2. The van der Waals surface area contributed by atoms with Crippen molar-refractivity contribution in [2.75, 3.05) is 0 Å². The Kier molecular flexibility index (Phi) is 10.1. The van der Waals surface area contributed by atoms with Crippen molar-refractivity contribution in [1.82, 2.24) is 0 Å². The largest absolute Gasteiger partial charge is 0.144 e. The Morgan fingerprint density at radius 1 is 0.346 bits per heavy atom. The van der Waals surface area contributed by atoms with Crippen LogP contribution in [0.4, 0.5) is 0 Å². The molecule has 0 aliphatic heterocycles. The van der Waals surface area contributed by atoms with E-state index in [1.54, 1.807) is 22.7 Å². The summed E-state index contributed by atoms with van der Waals surface area (Å²) in [5.74, 6) is 0. The fraction of sp³-hybridized carbons (Fsp3) is 0. The van der Waals surface area contributed by atoms with Crippen molar-refractivity contribution in [3.63, 3.8) is 0 Å². The Morgan fingerprint density at radius 2 is 0.731 bits per heavy atom. The molecule has 6 aromatic carbocycles. The first kappa shape index (κ1) is 33.1. The predicted octanol–water partition coefficient (Wildman–Crippen LogP) is 14.5. The van der Waals surface area contributed by atoms with Crippen LogP contribution < -0.4 is 0 Å². The van der Waals surface area contributed by atoms with Crippen LogP contribution in [0.15, 0.2) is 181 Å². The average molecular weight is 701 g/mol. The number of benzene rings is 6. The molecule has 52 heavy (non-hydrogen) atoms. The maximum Gasteiger partial charge on any atom is 0.0348 e. The van der Waals surface area contributed by atoms with Crippen LogP contribution in [0.5, 0.6) is 0 Å². The van der Waals surface area contributed by atoms with Crippen molar-refractivity contribution in [2.24, 2.45) is 0 Å². The van der Waals surface area contributed by atoms with Gasteiger partial charge in [0.25, 0.3) is 0 Å². The maximum absolute atomic E-state index is 2.29. The first-order valence-electron chi connectivity index (χ1n) is 17.5. The number of hydrogen-bond acceptors (Lipinski definition) is 2. The number of hydrogen-bond donors (Lipinski definition) is 0. The number of fused-ring (bicyclic) bond motifs is 1. The van der Waals surface area contributed by atoms with Crippen LogP contribution in [-0.2, 0) is 0 Å². The Morgan fingerprint density at radius 3 is 1.12 bits per heavy atom. The molecule has 0 bridgehead atoms. The Bertz CT molecular complexity index is 2320. The zero-order valence-electron chi connectivity index (χ0n) is 28.6. The first-order chi connectivity index (χ1) is 25.7. The average Bonchev–Trinajstić information content (AvgIpc) is 3.95. The van der Waals surface area contributed by atoms with E-state index >= 15 is 0 Å². The van der Waals surface area contributed by atoms with Gasteiger partial charge in [0.05, 0.1) is 0 Å². The lowest BCUT2D eigenvalue weighted by atomic mass is 9.98. The highest BCUT2D eigenvalue weighted by molar-refractivity contribution is 7.11. The van der Waals surface area contributed by atoms with E-state index in [0.29, 0.717) is 0 Å². The SMILES string of the molecule is C(=Cc1cc2ccccc2cc1C=Cc1ccc(C=C(c2ccccc2)c2cccs2)cc1)c1ccc(C=C(c2ccccc2)c2cccs2)cc1. The van der Waals surface area contributed by atoms with Gasteiger partial charge in [0, 0.05) is 9.75 Å². The van der Waals surface area contributed by atoms with Crippen LogP contribution in [0.25, 0.3) is 58.4 Å². The molecule has 0 fully saturated rings. The summed E-state index contributed by atoms with van der Waals surface area (Å²) < 4.78 is 0. The van der Waals surface area contributed by atoms with Gasteiger partial charge in [-0.15, -0.1) is 22.7 Å². The van der Waals surface area contributed by atoms with Crippen molar-refractivity contribution in [3.8, 4) is 0 Å². The number of thiophene rings is 2. The van der Waals surface area contributed by atoms with E-state index in [-0.39, 0.29) is 0 Å². The molecule has 0 N–H and O–H groups in total. The van der Waals surface area contributed by atoms with Crippen LogP contribution in [0, 0.1) is 0 Å². The van der Waals surface area contributed by atoms with Crippen molar-refractivity contribution in [3.05, 3.63) is 235 Å². The fourth-order valence-electron chi connectivity index (χ4n) is 6.37. The molecule has 0 saturated heterocycles. The van der Waals surface area contributed by atoms with Gasteiger partial charge in [-0.3, -0.25) is 0 Å². The third-order valence-electron chi connectivity index (χ3n) is 9.10. The van der Waals surface area contributed by atoms with Crippen LogP contribution in [0.3, 0.4) is 0 Å². The lowest BCUT2D eigenvalue weighted by Crippen LogP contribution is -1.86. The molecule has 0 aliphatic rings. The van der Waals surface area contributed by atoms with E-state index < -0.39 is 0 Å². The van der Waals surface area contributed by atoms with E-state index in [1.807, 2.05) is 0 Å². The zero-order valence-corrected chi connectivity index (χ0v) is 30.2. The minimum Gasteiger partial charge on any atom is -0.144 e. The highest BCUT2D eigenvalue weighted by atomic mass is 32.1. The molecule has 0 radical (unpaired) electrons. The third kappa shape index (κ3) is 7.95. The quantitative estimate of drug-likeness (QED) is 0.125. The molecule has 8 rings (SSSR count). The van der Waals surface area contributed by atoms with Crippen LogP contribution in [-0.4, -0.2) is 0 Å². The molecule has 2 aromatic heterocycles. The minimum atomic E-state index is 1.17. The summed E-state index contributed by atoms with van der Waals surface area (Å²) in [5.41, 5.74) is 12.0. The molecule has 0 atom stereocenters. The molecule has 0 nitrogen and oxygen atoms in total. The summed E-state index contributed by atoms with van der Waals surface area (Å²) in [7, 11) is 0. The molecule has 2 heteroatoms. The molecule has 0 aliphatic carbocycles. The lowest BCUT2D eigenvalue weighted by Gasteiger charge is -2.08. The second-order valence-electron chi connectivity index (χ2n) is 12.6.